The fourth-order valence-corrected chi connectivity index (χ4v) is 9.89. The van der Waals surface area contributed by atoms with Crippen LogP contribution in [-0.2, 0) is 28.5 Å². The van der Waals surface area contributed by atoms with E-state index < -0.39 is 11.2 Å². The predicted molar refractivity (Wildman–Crippen MR) is 110 cm³/mol. The van der Waals surface area contributed by atoms with E-state index in [1.54, 1.807) is 0 Å². The van der Waals surface area contributed by atoms with Gasteiger partial charge >= 0.3 is 5.97 Å². The van der Waals surface area contributed by atoms with Crippen molar-refractivity contribution in [1.82, 2.24) is 0 Å². The molecule has 0 N–H and O–H groups in total. The molecule has 3 aliphatic heterocycles. The molecule has 2 spiro atoms. The SMILES string of the molecule is CC1(C2CCC3C4CCC5CC6(CCC5(C)C4C4CC32C(=O)O4)OCCO6)OCCO1. The Balaban J connectivity index is 1.23. The molecule has 4 saturated carbocycles. The highest BCUT2D eigenvalue weighted by Gasteiger charge is 2.75. The van der Waals surface area contributed by atoms with E-state index in [9.17, 15) is 4.79 Å². The summed E-state index contributed by atoms with van der Waals surface area (Å²) < 4.78 is 30.7. The number of carbonyl (C=O) groups is 1. The van der Waals surface area contributed by atoms with Crippen molar-refractivity contribution in [3.05, 3.63) is 0 Å². The molecule has 0 aromatic carbocycles. The van der Waals surface area contributed by atoms with Crippen molar-refractivity contribution in [2.75, 3.05) is 26.4 Å². The summed E-state index contributed by atoms with van der Waals surface area (Å²) >= 11 is 0. The molecule has 0 radical (unpaired) electrons. The van der Waals surface area contributed by atoms with Crippen LogP contribution in [0.5, 0.6) is 0 Å². The summed E-state index contributed by atoms with van der Waals surface area (Å²) in [4.78, 5) is 13.6. The number of ether oxygens (including phenoxy) is 5. The van der Waals surface area contributed by atoms with E-state index >= 15 is 0 Å². The first-order valence-electron chi connectivity index (χ1n) is 12.7. The van der Waals surface area contributed by atoms with E-state index in [2.05, 4.69) is 13.8 Å². The maximum Gasteiger partial charge on any atom is 0.313 e. The predicted octanol–water partition coefficient (Wildman–Crippen LogP) is 3.67. The first-order chi connectivity index (χ1) is 14.9. The second-order valence-electron chi connectivity index (χ2n) is 11.9. The van der Waals surface area contributed by atoms with Crippen LogP contribution < -0.4 is 0 Å². The summed E-state index contributed by atoms with van der Waals surface area (Å²) in [6.07, 6.45) is 8.54. The maximum absolute atomic E-state index is 13.6. The van der Waals surface area contributed by atoms with E-state index in [0.29, 0.717) is 36.9 Å². The van der Waals surface area contributed by atoms with Gasteiger partial charge in [0.15, 0.2) is 11.6 Å². The molecule has 6 heteroatoms. The molecule has 172 valence electrons. The van der Waals surface area contributed by atoms with E-state index in [0.717, 1.165) is 51.7 Å². The highest BCUT2D eigenvalue weighted by atomic mass is 16.7. The Hall–Kier alpha value is -0.690. The smallest absolute Gasteiger partial charge is 0.313 e. The zero-order valence-corrected chi connectivity index (χ0v) is 18.9. The first-order valence-corrected chi connectivity index (χ1v) is 12.7. The normalized spacial score (nSPS) is 53.8. The second-order valence-corrected chi connectivity index (χ2v) is 11.9. The molecular weight excluding hydrogens is 396 g/mol. The number of hydrogen-bond donors (Lipinski definition) is 0. The average Bonchev–Trinajstić information content (AvgIpc) is 3.51. The Bertz CT molecular complexity index is 785. The second kappa shape index (κ2) is 6.25. The van der Waals surface area contributed by atoms with Crippen LogP contribution in [0.3, 0.4) is 0 Å². The number of hydrogen-bond acceptors (Lipinski definition) is 6. The molecule has 0 amide bonds. The van der Waals surface area contributed by atoms with E-state index in [1.165, 1.54) is 12.8 Å². The van der Waals surface area contributed by atoms with Crippen LogP contribution in [0.25, 0.3) is 0 Å². The lowest BCUT2D eigenvalue weighted by Crippen LogP contribution is -2.60. The molecule has 7 fully saturated rings. The number of carbonyl (C=O) groups excluding carboxylic acids is 1. The topological polar surface area (TPSA) is 63.2 Å². The van der Waals surface area contributed by atoms with E-state index in [-0.39, 0.29) is 29.2 Å². The molecule has 2 bridgehead atoms. The van der Waals surface area contributed by atoms with Crippen LogP contribution in [-0.4, -0.2) is 50.1 Å². The number of rotatable bonds is 1. The summed E-state index contributed by atoms with van der Waals surface area (Å²) in [7, 11) is 0. The van der Waals surface area contributed by atoms with Crippen LogP contribution in [0.1, 0.15) is 65.2 Å². The minimum absolute atomic E-state index is 0.0478. The zero-order valence-electron chi connectivity index (χ0n) is 18.9. The molecule has 7 rings (SSSR count). The third kappa shape index (κ3) is 2.36. The highest BCUT2D eigenvalue weighted by molar-refractivity contribution is 5.81. The third-order valence-electron chi connectivity index (χ3n) is 11.1. The molecule has 6 nitrogen and oxygen atoms in total. The lowest BCUT2D eigenvalue weighted by molar-refractivity contribution is -0.238. The Morgan fingerprint density at radius 3 is 2.35 bits per heavy atom. The average molecular weight is 433 g/mol. The third-order valence-corrected chi connectivity index (χ3v) is 11.1. The molecule has 3 saturated heterocycles. The highest BCUT2D eigenvalue weighted by Crippen LogP contribution is 2.72. The van der Waals surface area contributed by atoms with Crippen molar-refractivity contribution in [2.45, 2.75) is 82.9 Å². The monoisotopic (exact) mass is 432 g/mol. The maximum atomic E-state index is 13.6. The van der Waals surface area contributed by atoms with Gasteiger partial charge in [-0.3, -0.25) is 4.79 Å². The number of fused-ring (bicyclic) bond motifs is 6. The Morgan fingerprint density at radius 1 is 0.839 bits per heavy atom. The van der Waals surface area contributed by atoms with Gasteiger partial charge in [0.25, 0.3) is 0 Å². The van der Waals surface area contributed by atoms with Gasteiger partial charge in [-0.15, -0.1) is 0 Å². The minimum Gasteiger partial charge on any atom is -0.462 e. The zero-order chi connectivity index (χ0) is 21.1. The van der Waals surface area contributed by atoms with Crippen LogP contribution in [0.15, 0.2) is 0 Å². The van der Waals surface area contributed by atoms with Crippen LogP contribution in [0.4, 0.5) is 0 Å². The molecule has 0 aromatic heterocycles. The van der Waals surface area contributed by atoms with Gasteiger partial charge in [0.2, 0.25) is 0 Å². The molecule has 31 heavy (non-hydrogen) atoms. The summed E-state index contributed by atoms with van der Waals surface area (Å²) in [6, 6.07) is 0. The van der Waals surface area contributed by atoms with Crippen LogP contribution in [0.2, 0.25) is 0 Å². The standard InChI is InChI=1S/C25H36O6/c1-22-7-8-24(29-11-12-30-24)13-15(22)3-4-16-17-5-6-19(23(2)27-9-10-28-23)25(17)14-18(20(16)22)31-21(25)26/h15-20H,3-14H2,1-2H3. The minimum atomic E-state index is -0.634. The van der Waals surface area contributed by atoms with Gasteiger partial charge in [-0.25, -0.2) is 0 Å². The van der Waals surface area contributed by atoms with Gasteiger partial charge in [-0.1, -0.05) is 6.92 Å². The van der Waals surface area contributed by atoms with Gasteiger partial charge in [-0.05, 0) is 62.2 Å². The Labute approximate surface area is 184 Å². The van der Waals surface area contributed by atoms with Crippen LogP contribution in [0, 0.1) is 40.4 Å². The lowest BCUT2D eigenvalue weighted by atomic mass is 9.44. The van der Waals surface area contributed by atoms with Crippen molar-refractivity contribution < 1.29 is 28.5 Å². The first kappa shape index (κ1) is 19.7. The van der Waals surface area contributed by atoms with Gasteiger partial charge in [0.05, 0.1) is 31.8 Å². The number of esters is 1. The van der Waals surface area contributed by atoms with Crippen molar-refractivity contribution >= 4 is 5.97 Å². The lowest BCUT2D eigenvalue weighted by Gasteiger charge is -2.61. The summed E-state index contributed by atoms with van der Waals surface area (Å²) in [6.45, 7) is 7.27. The Morgan fingerprint density at radius 2 is 1.58 bits per heavy atom. The van der Waals surface area contributed by atoms with Gasteiger partial charge < -0.3 is 23.7 Å². The van der Waals surface area contributed by atoms with Crippen molar-refractivity contribution in [3.8, 4) is 0 Å². The van der Waals surface area contributed by atoms with Crippen molar-refractivity contribution in [2.24, 2.45) is 40.4 Å². The van der Waals surface area contributed by atoms with Gasteiger partial charge in [0, 0.05) is 31.1 Å². The molecule has 3 heterocycles. The van der Waals surface area contributed by atoms with Crippen molar-refractivity contribution in [1.29, 1.82) is 0 Å². The van der Waals surface area contributed by atoms with Crippen molar-refractivity contribution in [3.63, 3.8) is 0 Å². The summed E-state index contributed by atoms with van der Waals surface area (Å²) in [5, 5.41) is 0. The molecule has 8 atom stereocenters. The molecule has 8 unspecified atom stereocenters. The van der Waals surface area contributed by atoms with E-state index in [1.807, 2.05) is 0 Å². The van der Waals surface area contributed by atoms with Gasteiger partial charge in [-0.2, -0.15) is 0 Å². The van der Waals surface area contributed by atoms with Crippen LogP contribution >= 0.6 is 0 Å². The van der Waals surface area contributed by atoms with E-state index in [4.69, 9.17) is 23.7 Å². The molecule has 0 aromatic rings. The largest absolute Gasteiger partial charge is 0.462 e. The molecular formula is C25H36O6. The molecule has 7 aliphatic rings. The summed E-state index contributed by atoms with van der Waals surface area (Å²) in [5.41, 5.74) is -0.199. The fourth-order valence-electron chi connectivity index (χ4n) is 9.89. The van der Waals surface area contributed by atoms with Gasteiger partial charge in [0.1, 0.15) is 6.10 Å². The summed E-state index contributed by atoms with van der Waals surface area (Å²) in [5.74, 6) is 1.22. The molecule has 4 aliphatic carbocycles. The Kier molecular flexibility index (Phi) is 3.98. The fraction of sp³-hybridized carbons (Fsp3) is 0.960. The quantitative estimate of drug-likeness (QED) is 0.589.